The van der Waals surface area contributed by atoms with Gasteiger partial charge in [-0.15, -0.1) is 11.8 Å². The van der Waals surface area contributed by atoms with Gasteiger partial charge in [0.05, 0.1) is 4.92 Å². The zero-order valence-electron chi connectivity index (χ0n) is 9.68. The van der Waals surface area contributed by atoms with Crippen LogP contribution in [0.3, 0.4) is 0 Å². The quantitative estimate of drug-likeness (QED) is 0.467. The molecule has 2 rings (SSSR count). The molecule has 6 heteroatoms. The molecular weight excluding hydrogens is 289 g/mol. The molecule has 0 aliphatic rings. The van der Waals surface area contributed by atoms with Gasteiger partial charge in [0.2, 0.25) is 0 Å². The van der Waals surface area contributed by atoms with E-state index in [4.69, 9.17) is 11.6 Å². The number of hydrogen-bond acceptors (Lipinski definition) is 3. The van der Waals surface area contributed by atoms with Crippen molar-refractivity contribution < 1.29 is 9.31 Å². The number of thioether (sulfide) groups is 1. The molecular formula is C13H9ClFNO2S. The molecule has 0 spiro atoms. The van der Waals surface area contributed by atoms with Crippen molar-refractivity contribution in [3.05, 3.63) is 69.0 Å². The summed E-state index contributed by atoms with van der Waals surface area (Å²) >= 11 is 7.14. The van der Waals surface area contributed by atoms with Crippen molar-refractivity contribution in [2.24, 2.45) is 0 Å². The first kappa shape index (κ1) is 13.8. The molecule has 98 valence electrons. The summed E-state index contributed by atoms with van der Waals surface area (Å²) in [5.74, 6) is 0.216. The Morgan fingerprint density at radius 2 is 2.05 bits per heavy atom. The highest BCUT2D eigenvalue weighted by Gasteiger charge is 2.12. The van der Waals surface area contributed by atoms with Crippen LogP contribution in [0.15, 0.2) is 47.4 Å². The lowest BCUT2D eigenvalue weighted by molar-refractivity contribution is -0.384. The first-order chi connectivity index (χ1) is 9.06. The number of nitrogens with zero attached hydrogens (tertiary/aromatic N) is 1. The van der Waals surface area contributed by atoms with Crippen LogP contribution in [0.25, 0.3) is 0 Å². The van der Waals surface area contributed by atoms with Crippen molar-refractivity contribution >= 4 is 29.1 Å². The number of nitro benzene ring substituents is 1. The van der Waals surface area contributed by atoms with Crippen molar-refractivity contribution in [2.75, 3.05) is 0 Å². The lowest BCUT2D eigenvalue weighted by Gasteiger charge is -2.03. The van der Waals surface area contributed by atoms with Crippen LogP contribution in [-0.2, 0) is 5.75 Å². The molecule has 0 bridgehead atoms. The summed E-state index contributed by atoms with van der Waals surface area (Å²) in [4.78, 5) is 11.0. The Kier molecular flexibility index (Phi) is 4.39. The number of nitro groups is 1. The lowest BCUT2D eigenvalue weighted by Crippen LogP contribution is -1.91. The number of halogens is 2. The fourth-order valence-corrected chi connectivity index (χ4v) is 2.58. The van der Waals surface area contributed by atoms with Gasteiger partial charge < -0.3 is 0 Å². The van der Waals surface area contributed by atoms with Gasteiger partial charge in [-0.2, -0.15) is 0 Å². The Bertz CT molecular complexity index is 621. The van der Waals surface area contributed by atoms with E-state index in [2.05, 4.69) is 0 Å². The molecule has 2 aromatic carbocycles. The summed E-state index contributed by atoms with van der Waals surface area (Å²) < 4.78 is 13.0. The minimum atomic E-state index is -0.515. The fraction of sp³-hybridized carbons (Fsp3) is 0.0769. The van der Waals surface area contributed by atoms with Crippen LogP contribution < -0.4 is 0 Å². The van der Waals surface area contributed by atoms with Gasteiger partial charge in [-0.3, -0.25) is 10.1 Å². The summed E-state index contributed by atoms with van der Waals surface area (Å²) in [5.41, 5.74) is 0.657. The lowest BCUT2D eigenvalue weighted by atomic mass is 10.2. The number of hydrogen-bond donors (Lipinski definition) is 0. The van der Waals surface area contributed by atoms with Crippen molar-refractivity contribution in [3.8, 4) is 0 Å². The molecule has 0 aromatic heterocycles. The highest BCUT2D eigenvalue weighted by Crippen LogP contribution is 2.29. The smallest absolute Gasteiger partial charge is 0.258 e. The van der Waals surface area contributed by atoms with Crippen LogP contribution in [0.4, 0.5) is 10.1 Å². The predicted octanol–water partition coefficient (Wildman–Crippen LogP) is 4.68. The third-order valence-corrected chi connectivity index (χ3v) is 3.79. The molecule has 0 saturated heterocycles. The summed E-state index contributed by atoms with van der Waals surface area (Å²) in [5, 5.41) is 10.9. The van der Waals surface area contributed by atoms with E-state index in [0.717, 1.165) is 10.5 Å². The average Bonchev–Trinajstić information content (AvgIpc) is 2.37. The zero-order chi connectivity index (χ0) is 13.8. The van der Waals surface area contributed by atoms with Crippen LogP contribution in [0.5, 0.6) is 0 Å². The van der Waals surface area contributed by atoms with Crippen LogP contribution >= 0.6 is 23.4 Å². The van der Waals surface area contributed by atoms with Crippen LogP contribution in [0.2, 0.25) is 5.02 Å². The predicted molar refractivity (Wildman–Crippen MR) is 74.1 cm³/mol. The average molecular weight is 298 g/mol. The minimum Gasteiger partial charge on any atom is -0.258 e. The van der Waals surface area contributed by atoms with E-state index in [9.17, 15) is 14.5 Å². The minimum absolute atomic E-state index is 0.112. The SMILES string of the molecule is O=[N+]([O-])c1cc(CSc2cccc(F)c2)ccc1Cl. The highest BCUT2D eigenvalue weighted by molar-refractivity contribution is 7.98. The summed E-state index contributed by atoms with van der Waals surface area (Å²) in [6, 6.07) is 10.9. The van der Waals surface area contributed by atoms with Crippen molar-refractivity contribution in [2.45, 2.75) is 10.6 Å². The normalized spacial score (nSPS) is 10.4. The van der Waals surface area contributed by atoms with Gasteiger partial charge in [-0.25, -0.2) is 4.39 Å². The Balaban J connectivity index is 2.12. The molecule has 0 unspecified atom stereocenters. The van der Waals surface area contributed by atoms with E-state index in [1.807, 2.05) is 0 Å². The molecule has 0 N–H and O–H groups in total. The van der Waals surface area contributed by atoms with Gasteiger partial charge in [-0.1, -0.05) is 23.7 Å². The van der Waals surface area contributed by atoms with Crippen molar-refractivity contribution in [1.29, 1.82) is 0 Å². The van der Waals surface area contributed by atoms with Gasteiger partial charge in [0.15, 0.2) is 0 Å². The van der Waals surface area contributed by atoms with E-state index in [0.29, 0.717) is 5.75 Å². The Hall–Kier alpha value is -1.59. The Labute approximate surface area is 118 Å². The topological polar surface area (TPSA) is 43.1 Å². The van der Waals surface area contributed by atoms with Gasteiger partial charge >= 0.3 is 0 Å². The van der Waals surface area contributed by atoms with Gasteiger partial charge in [0.25, 0.3) is 5.69 Å². The van der Waals surface area contributed by atoms with E-state index in [-0.39, 0.29) is 16.5 Å². The van der Waals surface area contributed by atoms with Crippen molar-refractivity contribution in [3.63, 3.8) is 0 Å². The van der Waals surface area contributed by atoms with E-state index in [1.165, 1.54) is 36.0 Å². The molecule has 2 aromatic rings. The standard InChI is InChI=1S/C13H9ClFNO2S/c14-12-5-4-9(6-13(12)16(17)18)8-19-11-3-1-2-10(15)7-11/h1-7H,8H2. The van der Waals surface area contributed by atoms with E-state index < -0.39 is 4.92 Å². The second kappa shape index (κ2) is 6.04. The first-order valence-electron chi connectivity index (χ1n) is 5.37. The van der Waals surface area contributed by atoms with Gasteiger partial charge in [-0.05, 0) is 29.8 Å². The molecule has 3 nitrogen and oxygen atoms in total. The third-order valence-electron chi connectivity index (χ3n) is 2.41. The fourth-order valence-electron chi connectivity index (χ4n) is 1.51. The van der Waals surface area contributed by atoms with Crippen molar-refractivity contribution in [1.82, 2.24) is 0 Å². The molecule has 0 heterocycles. The highest BCUT2D eigenvalue weighted by atomic mass is 35.5. The molecule has 0 radical (unpaired) electrons. The molecule has 0 aliphatic heterocycles. The molecule has 0 fully saturated rings. The summed E-state index contributed by atoms with van der Waals surface area (Å²) in [7, 11) is 0. The Morgan fingerprint density at radius 1 is 1.26 bits per heavy atom. The second-order valence-corrected chi connectivity index (χ2v) is 5.24. The zero-order valence-corrected chi connectivity index (χ0v) is 11.2. The molecule has 0 aliphatic carbocycles. The number of rotatable bonds is 4. The Morgan fingerprint density at radius 3 is 2.74 bits per heavy atom. The van der Waals surface area contributed by atoms with Gasteiger partial charge in [0.1, 0.15) is 10.8 Å². The van der Waals surface area contributed by atoms with E-state index >= 15 is 0 Å². The van der Waals surface area contributed by atoms with Crippen LogP contribution in [0, 0.1) is 15.9 Å². The summed E-state index contributed by atoms with van der Waals surface area (Å²) in [6.07, 6.45) is 0. The summed E-state index contributed by atoms with van der Waals surface area (Å²) in [6.45, 7) is 0. The van der Waals surface area contributed by atoms with Gasteiger partial charge in [0, 0.05) is 16.7 Å². The third kappa shape index (κ3) is 3.68. The maximum atomic E-state index is 13.0. The number of benzene rings is 2. The molecule has 0 amide bonds. The van der Waals surface area contributed by atoms with E-state index in [1.54, 1.807) is 18.2 Å². The monoisotopic (exact) mass is 297 g/mol. The largest absolute Gasteiger partial charge is 0.288 e. The second-order valence-electron chi connectivity index (χ2n) is 3.79. The maximum absolute atomic E-state index is 13.0. The van der Waals surface area contributed by atoms with Crippen LogP contribution in [-0.4, -0.2) is 4.92 Å². The van der Waals surface area contributed by atoms with Crippen LogP contribution in [0.1, 0.15) is 5.56 Å². The molecule has 0 saturated carbocycles. The first-order valence-corrected chi connectivity index (χ1v) is 6.74. The maximum Gasteiger partial charge on any atom is 0.288 e. The molecule has 19 heavy (non-hydrogen) atoms. The molecule has 0 atom stereocenters.